The van der Waals surface area contributed by atoms with E-state index in [9.17, 15) is 9.90 Å². The van der Waals surface area contributed by atoms with Crippen LogP contribution >= 0.6 is 11.6 Å². The van der Waals surface area contributed by atoms with E-state index in [1.807, 2.05) is 13.0 Å². The molecule has 0 saturated heterocycles. The molecule has 0 radical (unpaired) electrons. The maximum Gasteiger partial charge on any atom is 0.202 e. The second kappa shape index (κ2) is 5.21. The monoisotopic (exact) mass is 311 g/mol. The van der Waals surface area contributed by atoms with Crippen LogP contribution in [0.3, 0.4) is 0 Å². The van der Waals surface area contributed by atoms with Gasteiger partial charge in [-0.3, -0.25) is 4.79 Å². The van der Waals surface area contributed by atoms with Gasteiger partial charge in [0.05, 0.1) is 21.5 Å². The Bertz CT molecular complexity index is 999. The molecule has 0 unspecified atom stereocenters. The molecule has 0 bridgehead atoms. The van der Waals surface area contributed by atoms with Gasteiger partial charge in [0.25, 0.3) is 0 Å². The van der Waals surface area contributed by atoms with Gasteiger partial charge in [-0.25, -0.2) is 0 Å². The molecule has 0 amide bonds. The van der Waals surface area contributed by atoms with Crippen LogP contribution in [0.2, 0.25) is 5.02 Å². The van der Waals surface area contributed by atoms with Crippen molar-refractivity contribution in [2.24, 2.45) is 0 Å². The zero-order chi connectivity index (χ0) is 15.9. The molecule has 5 heteroatoms. The highest BCUT2D eigenvalue weighted by Gasteiger charge is 2.14. The minimum atomic E-state index is -0.274. The minimum absolute atomic E-state index is 0.0901. The number of phenols is 1. The summed E-state index contributed by atoms with van der Waals surface area (Å²) in [7, 11) is 0. The van der Waals surface area contributed by atoms with Crippen molar-refractivity contribution in [3.63, 3.8) is 0 Å². The quantitative estimate of drug-likeness (QED) is 0.737. The van der Waals surface area contributed by atoms with Crippen molar-refractivity contribution in [3.8, 4) is 22.9 Å². The van der Waals surface area contributed by atoms with Gasteiger partial charge in [0, 0.05) is 0 Å². The number of aromatic hydroxyl groups is 1. The first-order valence-electron chi connectivity index (χ1n) is 6.47. The van der Waals surface area contributed by atoms with Crippen LogP contribution in [0.4, 0.5) is 0 Å². The van der Waals surface area contributed by atoms with Crippen LogP contribution in [0.25, 0.3) is 22.1 Å². The second-order valence-corrected chi connectivity index (χ2v) is 5.27. The Morgan fingerprint density at radius 1 is 1.27 bits per heavy atom. The number of hydrogen-bond donors (Lipinski definition) is 1. The van der Waals surface area contributed by atoms with Crippen molar-refractivity contribution in [2.75, 3.05) is 0 Å². The SMILES string of the molecule is Cc1ccc2occ(-c3ccc(O)c(C#N)c3)c(=O)c2c1Cl. The number of nitrogens with zero attached hydrogens (tertiary/aromatic N) is 1. The molecule has 1 heterocycles. The Labute approximate surface area is 130 Å². The van der Waals surface area contributed by atoms with E-state index in [1.54, 1.807) is 18.2 Å². The molecule has 108 valence electrons. The number of benzene rings is 2. The van der Waals surface area contributed by atoms with Crippen LogP contribution in [-0.2, 0) is 0 Å². The van der Waals surface area contributed by atoms with E-state index in [1.165, 1.54) is 18.4 Å². The fourth-order valence-electron chi connectivity index (χ4n) is 2.28. The van der Waals surface area contributed by atoms with Gasteiger partial charge >= 0.3 is 0 Å². The number of hydrogen-bond acceptors (Lipinski definition) is 4. The number of phenolic OH excluding ortho intramolecular Hbond substituents is 1. The van der Waals surface area contributed by atoms with Crippen molar-refractivity contribution >= 4 is 22.6 Å². The van der Waals surface area contributed by atoms with Gasteiger partial charge in [0.1, 0.15) is 23.7 Å². The van der Waals surface area contributed by atoms with Gasteiger partial charge in [0.2, 0.25) is 5.43 Å². The number of rotatable bonds is 1. The third-order valence-corrected chi connectivity index (χ3v) is 3.99. The first-order valence-corrected chi connectivity index (χ1v) is 6.85. The zero-order valence-corrected chi connectivity index (χ0v) is 12.3. The maximum atomic E-state index is 12.7. The van der Waals surface area contributed by atoms with Gasteiger partial charge in [-0.2, -0.15) is 5.26 Å². The molecule has 3 aromatic rings. The van der Waals surface area contributed by atoms with Gasteiger partial charge in [-0.15, -0.1) is 0 Å². The highest BCUT2D eigenvalue weighted by molar-refractivity contribution is 6.36. The first-order chi connectivity index (χ1) is 10.5. The summed E-state index contributed by atoms with van der Waals surface area (Å²) in [6, 6.07) is 9.71. The molecule has 0 aliphatic rings. The normalized spacial score (nSPS) is 10.6. The Morgan fingerprint density at radius 2 is 2.05 bits per heavy atom. The zero-order valence-electron chi connectivity index (χ0n) is 11.6. The Morgan fingerprint density at radius 3 is 2.77 bits per heavy atom. The average molecular weight is 312 g/mol. The lowest BCUT2D eigenvalue weighted by molar-refractivity contribution is 0.473. The molecule has 1 aromatic heterocycles. The van der Waals surface area contributed by atoms with E-state index in [0.717, 1.165) is 5.56 Å². The highest BCUT2D eigenvalue weighted by atomic mass is 35.5. The van der Waals surface area contributed by atoms with E-state index < -0.39 is 0 Å². The fourth-order valence-corrected chi connectivity index (χ4v) is 2.52. The summed E-state index contributed by atoms with van der Waals surface area (Å²) in [6.45, 7) is 1.81. The Hall–Kier alpha value is -2.77. The van der Waals surface area contributed by atoms with Gasteiger partial charge in [0.15, 0.2) is 0 Å². The second-order valence-electron chi connectivity index (χ2n) is 4.89. The largest absolute Gasteiger partial charge is 0.507 e. The van der Waals surface area contributed by atoms with E-state index in [4.69, 9.17) is 21.3 Å². The number of aryl methyl sites for hydroxylation is 1. The molecule has 22 heavy (non-hydrogen) atoms. The van der Waals surface area contributed by atoms with Crippen LogP contribution in [-0.4, -0.2) is 5.11 Å². The van der Waals surface area contributed by atoms with Crippen LogP contribution in [0.1, 0.15) is 11.1 Å². The van der Waals surface area contributed by atoms with Gasteiger partial charge < -0.3 is 9.52 Å². The molecule has 0 spiro atoms. The van der Waals surface area contributed by atoms with Crippen molar-refractivity contribution in [1.29, 1.82) is 5.26 Å². The third kappa shape index (κ3) is 2.12. The van der Waals surface area contributed by atoms with E-state index in [0.29, 0.717) is 21.6 Å². The highest BCUT2D eigenvalue weighted by Crippen LogP contribution is 2.28. The molecular weight excluding hydrogens is 302 g/mol. The smallest absolute Gasteiger partial charge is 0.202 e. The molecule has 2 aromatic carbocycles. The van der Waals surface area contributed by atoms with E-state index in [2.05, 4.69) is 0 Å². The lowest BCUT2D eigenvalue weighted by Gasteiger charge is -2.06. The molecule has 0 saturated carbocycles. The first kappa shape index (κ1) is 14.2. The molecule has 4 nitrogen and oxygen atoms in total. The molecule has 0 aliphatic heterocycles. The average Bonchev–Trinajstić information content (AvgIpc) is 2.52. The minimum Gasteiger partial charge on any atom is -0.507 e. The lowest BCUT2D eigenvalue weighted by Crippen LogP contribution is -2.06. The van der Waals surface area contributed by atoms with Gasteiger partial charge in [-0.05, 0) is 36.2 Å². The topological polar surface area (TPSA) is 74.2 Å². The number of halogens is 1. The predicted molar refractivity (Wildman–Crippen MR) is 84.0 cm³/mol. The summed E-state index contributed by atoms with van der Waals surface area (Å²) in [6.07, 6.45) is 1.34. The molecule has 1 N–H and O–H groups in total. The van der Waals surface area contributed by atoms with Crippen LogP contribution in [0.5, 0.6) is 5.75 Å². The summed E-state index contributed by atoms with van der Waals surface area (Å²) in [4.78, 5) is 12.7. The fraction of sp³-hybridized carbons (Fsp3) is 0.0588. The van der Waals surface area contributed by atoms with Crippen LogP contribution in [0.15, 0.2) is 45.8 Å². The lowest BCUT2D eigenvalue weighted by atomic mass is 10.0. The summed E-state index contributed by atoms with van der Waals surface area (Å²) in [5, 5.41) is 19.2. The van der Waals surface area contributed by atoms with Crippen molar-refractivity contribution < 1.29 is 9.52 Å². The molecular formula is C17H10ClNO3. The summed E-state index contributed by atoms with van der Waals surface area (Å²) in [5.41, 5.74) is 1.78. The van der Waals surface area contributed by atoms with Crippen molar-refractivity contribution in [2.45, 2.75) is 6.92 Å². The molecule has 0 atom stereocenters. The summed E-state index contributed by atoms with van der Waals surface area (Å²) >= 11 is 6.22. The van der Waals surface area contributed by atoms with Crippen molar-refractivity contribution in [1.82, 2.24) is 0 Å². The number of nitriles is 1. The summed E-state index contributed by atoms with van der Waals surface area (Å²) in [5.74, 6) is -0.134. The Balaban J connectivity index is 2.34. The third-order valence-electron chi connectivity index (χ3n) is 3.50. The van der Waals surface area contributed by atoms with E-state index >= 15 is 0 Å². The molecule has 0 fully saturated rings. The predicted octanol–water partition coefficient (Wildman–Crippen LogP) is 4.00. The summed E-state index contributed by atoms with van der Waals surface area (Å²) < 4.78 is 5.49. The van der Waals surface area contributed by atoms with Gasteiger partial charge in [-0.1, -0.05) is 23.7 Å². The molecule has 0 aliphatic carbocycles. The maximum absolute atomic E-state index is 12.7. The molecule has 3 rings (SSSR count). The van der Waals surface area contributed by atoms with Crippen LogP contribution < -0.4 is 5.43 Å². The Kier molecular flexibility index (Phi) is 3.36. The van der Waals surface area contributed by atoms with Crippen molar-refractivity contribution in [3.05, 3.63) is 63.0 Å². The van der Waals surface area contributed by atoms with E-state index in [-0.39, 0.29) is 22.3 Å². The van der Waals surface area contributed by atoms with Crippen LogP contribution in [0, 0.1) is 18.3 Å². The number of fused-ring (bicyclic) bond motifs is 1. The standard InChI is InChI=1S/C17H10ClNO3/c1-9-2-5-14-15(16(9)18)17(21)12(8-22-14)10-3-4-13(20)11(6-10)7-19/h2-6,8,20H,1H3.